The molecule has 0 aromatic rings. The molecule has 4 unspecified atom stereocenters. The minimum Gasteiger partial charge on any atom is -0.379 e. The maximum atomic E-state index is 5.98. The van der Waals surface area contributed by atoms with Gasteiger partial charge in [0.25, 0.3) is 0 Å². The van der Waals surface area contributed by atoms with Gasteiger partial charge in [-0.05, 0) is 33.6 Å². The molecule has 3 saturated heterocycles. The molecule has 3 heterocycles. The van der Waals surface area contributed by atoms with Crippen molar-refractivity contribution < 1.29 is 14.2 Å². The summed E-state index contributed by atoms with van der Waals surface area (Å²) >= 11 is 0. The SMILES string of the molecule is CCNC(=NCC(C)N1CCOCC1C)N1CCOC(C2CCCO2)C1.I. The zero-order valence-corrected chi connectivity index (χ0v) is 19.4. The van der Waals surface area contributed by atoms with Crippen LogP contribution in [-0.4, -0.2) is 99.2 Å². The Hall–Kier alpha value is -0.160. The van der Waals surface area contributed by atoms with E-state index in [4.69, 9.17) is 19.2 Å². The average molecular weight is 496 g/mol. The highest BCUT2D eigenvalue weighted by molar-refractivity contribution is 14.0. The van der Waals surface area contributed by atoms with E-state index in [1.807, 2.05) is 0 Å². The van der Waals surface area contributed by atoms with Crippen LogP contribution in [0.15, 0.2) is 4.99 Å². The Bertz CT molecular complexity index is 462. The van der Waals surface area contributed by atoms with Gasteiger partial charge in [0.05, 0.1) is 32.5 Å². The van der Waals surface area contributed by atoms with E-state index in [-0.39, 0.29) is 36.2 Å². The first-order chi connectivity index (χ1) is 12.7. The Morgan fingerprint density at radius 1 is 1.19 bits per heavy atom. The van der Waals surface area contributed by atoms with Gasteiger partial charge >= 0.3 is 0 Å². The predicted molar refractivity (Wildman–Crippen MR) is 118 cm³/mol. The molecule has 0 spiro atoms. The molecule has 0 bridgehead atoms. The van der Waals surface area contributed by atoms with Gasteiger partial charge in [-0.3, -0.25) is 9.89 Å². The average Bonchev–Trinajstić information content (AvgIpc) is 3.20. The lowest BCUT2D eigenvalue weighted by atomic mass is 10.1. The number of nitrogens with one attached hydrogen (secondary N) is 1. The van der Waals surface area contributed by atoms with E-state index in [0.29, 0.717) is 12.1 Å². The van der Waals surface area contributed by atoms with E-state index in [1.165, 1.54) is 0 Å². The van der Waals surface area contributed by atoms with Crippen LogP contribution in [0.4, 0.5) is 0 Å². The van der Waals surface area contributed by atoms with E-state index in [1.54, 1.807) is 0 Å². The normalized spacial score (nSPS) is 31.4. The molecule has 0 aliphatic carbocycles. The van der Waals surface area contributed by atoms with Crippen molar-refractivity contribution in [1.29, 1.82) is 0 Å². The number of rotatable bonds is 5. The van der Waals surface area contributed by atoms with Gasteiger partial charge in [-0.1, -0.05) is 0 Å². The summed E-state index contributed by atoms with van der Waals surface area (Å²) in [6.07, 6.45) is 2.66. The van der Waals surface area contributed by atoms with E-state index in [2.05, 4.69) is 35.9 Å². The third-order valence-corrected chi connectivity index (χ3v) is 5.60. The van der Waals surface area contributed by atoms with E-state index in [0.717, 1.165) is 78.0 Å². The molecule has 4 atom stereocenters. The first-order valence-corrected chi connectivity index (χ1v) is 10.3. The largest absolute Gasteiger partial charge is 0.379 e. The molecule has 1 N–H and O–H groups in total. The zero-order chi connectivity index (χ0) is 18.4. The molecular weight excluding hydrogens is 459 g/mol. The number of hydrogen-bond acceptors (Lipinski definition) is 5. The summed E-state index contributed by atoms with van der Waals surface area (Å²) in [5.41, 5.74) is 0. The third kappa shape index (κ3) is 6.42. The number of nitrogens with zero attached hydrogens (tertiary/aromatic N) is 3. The van der Waals surface area contributed by atoms with E-state index < -0.39 is 0 Å². The maximum absolute atomic E-state index is 5.98. The van der Waals surface area contributed by atoms with E-state index >= 15 is 0 Å². The van der Waals surface area contributed by atoms with Crippen molar-refractivity contribution in [3.05, 3.63) is 0 Å². The van der Waals surface area contributed by atoms with Crippen LogP contribution in [0.3, 0.4) is 0 Å². The summed E-state index contributed by atoms with van der Waals surface area (Å²) in [6, 6.07) is 0.876. The fourth-order valence-corrected chi connectivity index (χ4v) is 4.13. The Kier molecular flexibility index (Phi) is 10.1. The van der Waals surface area contributed by atoms with Crippen LogP contribution >= 0.6 is 24.0 Å². The lowest BCUT2D eigenvalue weighted by molar-refractivity contribution is -0.0817. The van der Waals surface area contributed by atoms with Crippen LogP contribution < -0.4 is 5.32 Å². The number of aliphatic imine (C=N–C) groups is 1. The van der Waals surface area contributed by atoms with Gasteiger partial charge in [-0.15, -0.1) is 24.0 Å². The highest BCUT2D eigenvalue weighted by atomic mass is 127. The van der Waals surface area contributed by atoms with Crippen molar-refractivity contribution in [1.82, 2.24) is 15.1 Å². The smallest absolute Gasteiger partial charge is 0.194 e. The molecule has 27 heavy (non-hydrogen) atoms. The number of halogens is 1. The number of ether oxygens (including phenoxy) is 3. The standard InChI is InChI=1S/C19H36N4O3.HI/c1-4-20-19(21-12-15(2)23-8-10-24-14-16(23)3)22-7-11-26-18(13-22)17-6-5-9-25-17;/h15-18H,4-14H2,1-3H3,(H,20,21);1H. The quantitative estimate of drug-likeness (QED) is 0.354. The summed E-state index contributed by atoms with van der Waals surface area (Å²) in [5.74, 6) is 1.01. The van der Waals surface area contributed by atoms with Crippen LogP contribution in [-0.2, 0) is 14.2 Å². The second-order valence-corrected chi connectivity index (χ2v) is 7.61. The molecule has 3 aliphatic heterocycles. The molecule has 158 valence electrons. The Balaban J connectivity index is 0.00000261. The molecule has 3 rings (SSSR count). The van der Waals surface area contributed by atoms with E-state index in [9.17, 15) is 0 Å². The van der Waals surface area contributed by atoms with Crippen molar-refractivity contribution >= 4 is 29.9 Å². The molecule has 0 aromatic carbocycles. The number of hydrogen-bond donors (Lipinski definition) is 1. The summed E-state index contributed by atoms with van der Waals surface area (Å²) in [5, 5.41) is 3.47. The highest BCUT2D eigenvalue weighted by Crippen LogP contribution is 2.21. The molecule has 0 aromatic heterocycles. The van der Waals surface area contributed by atoms with Crippen LogP contribution in [0.5, 0.6) is 0 Å². The molecule has 8 heteroatoms. The summed E-state index contributed by atoms with van der Waals surface area (Å²) in [4.78, 5) is 9.81. The first kappa shape index (κ1) is 23.1. The molecule has 0 amide bonds. The van der Waals surface area contributed by atoms with Gasteiger partial charge in [-0.2, -0.15) is 0 Å². The second kappa shape index (κ2) is 11.7. The Morgan fingerprint density at radius 3 is 2.70 bits per heavy atom. The summed E-state index contributed by atoms with van der Waals surface area (Å²) < 4.78 is 17.4. The summed E-state index contributed by atoms with van der Waals surface area (Å²) in [6.45, 7) is 14.3. The van der Waals surface area contributed by atoms with Gasteiger partial charge in [-0.25, -0.2) is 0 Å². The second-order valence-electron chi connectivity index (χ2n) is 7.61. The molecule has 0 saturated carbocycles. The van der Waals surface area contributed by atoms with Crippen molar-refractivity contribution in [2.75, 3.05) is 59.2 Å². The lowest BCUT2D eigenvalue weighted by Gasteiger charge is -2.38. The molecule has 3 aliphatic rings. The van der Waals surface area contributed by atoms with Crippen LogP contribution in [0.1, 0.15) is 33.6 Å². The van der Waals surface area contributed by atoms with Crippen molar-refractivity contribution in [3.8, 4) is 0 Å². The Morgan fingerprint density at radius 2 is 2.00 bits per heavy atom. The van der Waals surface area contributed by atoms with Crippen LogP contribution in [0.25, 0.3) is 0 Å². The zero-order valence-electron chi connectivity index (χ0n) is 17.1. The number of guanidine groups is 1. The topological polar surface area (TPSA) is 58.6 Å². The molecule has 7 nitrogen and oxygen atoms in total. The van der Waals surface area contributed by atoms with Gasteiger partial charge in [0.15, 0.2) is 5.96 Å². The number of morpholine rings is 2. The minimum absolute atomic E-state index is 0. The fourth-order valence-electron chi connectivity index (χ4n) is 4.13. The monoisotopic (exact) mass is 496 g/mol. The highest BCUT2D eigenvalue weighted by Gasteiger charge is 2.32. The fraction of sp³-hybridized carbons (Fsp3) is 0.947. The Labute approximate surface area is 181 Å². The molecule has 0 radical (unpaired) electrons. The predicted octanol–water partition coefficient (Wildman–Crippen LogP) is 1.56. The van der Waals surface area contributed by atoms with Gasteiger partial charge < -0.3 is 24.4 Å². The van der Waals surface area contributed by atoms with Crippen molar-refractivity contribution in [2.24, 2.45) is 4.99 Å². The van der Waals surface area contributed by atoms with Crippen molar-refractivity contribution in [3.63, 3.8) is 0 Å². The lowest BCUT2D eigenvalue weighted by Crippen LogP contribution is -2.54. The minimum atomic E-state index is 0. The summed E-state index contributed by atoms with van der Waals surface area (Å²) in [7, 11) is 0. The maximum Gasteiger partial charge on any atom is 0.194 e. The third-order valence-electron chi connectivity index (χ3n) is 5.60. The van der Waals surface area contributed by atoms with Gasteiger partial charge in [0, 0.05) is 44.9 Å². The van der Waals surface area contributed by atoms with Gasteiger partial charge in [0.2, 0.25) is 0 Å². The first-order valence-electron chi connectivity index (χ1n) is 10.3. The van der Waals surface area contributed by atoms with Crippen LogP contribution in [0, 0.1) is 0 Å². The molecule has 3 fully saturated rings. The van der Waals surface area contributed by atoms with Crippen molar-refractivity contribution in [2.45, 2.75) is 57.9 Å². The van der Waals surface area contributed by atoms with Gasteiger partial charge in [0.1, 0.15) is 6.10 Å². The van der Waals surface area contributed by atoms with Crippen LogP contribution in [0.2, 0.25) is 0 Å². The molecular formula is C19H37IN4O3.